The first kappa shape index (κ1) is 22.0. The molecule has 3 aromatic rings. The van der Waals surface area contributed by atoms with E-state index in [4.69, 9.17) is 9.72 Å². The van der Waals surface area contributed by atoms with Gasteiger partial charge in [-0.05, 0) is 36.2 Å². The molecule has 1 amide bonds. The Morgan fingerprint density at radius 3 is 2.61 bits per heavy atom. The van der Waals surface area contributed by atoms with Gasteiger partial charge >= 0.3 is 5.16 Å². The van der Waals surface area contributed by atoms with Gasteiger partial charge in [-0.2, -0.15) is 4.57 Å². The lowest BCUT2D eigenvalue weighted by Gasteiger charge is -2.25. The molecule has 1 saturated heterocycles. The van der Waals surface area contributed by atoms with Crippen molar-refractivity contribution in [2.75, 3.05) is 38.3 Å². The fourth-order valence-electron chi connectivity index (χ4n) is 3.92. The van der Waals surface area contributed by atoms with Crippen molar-refractivity contribution in [1.82, 2.24) is 9.88 Å². The molecule has 2 aliphatic rings. The average molecular weight is 478 g/mol. The van der Waals surface area contributed by atoms with Gasteiger partial charge in [0.25, 0.3) is 5.24 Å². The number of amides is 1. The first-order chi connectivity index (χ1) is 16.1. The van der Waals surface area contributed by atoms with Crippen LogP contribution in [0.1, 0.15) is 11.4 Å². The van der Waals surface area contributed by atoms with Crippen LogP contribution in [-0.4, -0.2) is 48.5 Å². The van der Waals surface area contributed by atoms with Crippen molar-refractivity contribution >= 4 is 40.5 Å². The highest BCUT2D eigenvalue weighted by Gasteiger charge is 2.28. The Labute approximate surface area is 202 Å². The molecule has 168 valence electrons. The van der Waals surface area contributed by atoms with Crippen molar-refractivity contribution in [3.8, 4) is 5.69 Å². The fraction of sp³-hybridized carbons (Fsp3) is 0.240. The summed E-state index contributed by atoms with van der Waals surface area (Å²) in [6.07, 6.45) is 2.09. The zero-order valence-corrected chi connectivity index (χ0v) is 20.2. The SMILES string of the molecule is Cc1cc(/C=C2\Sc3ccccc3N2C)nc(SC(=O)N2CCOCC2)[n+]1-c1ccccc1. The summed E-state index contributed by atoms with van der Waals surface area (Å²) < 4.78 is 7.45. The smallest absolute Gasteiger partial charge is 0.374 e. The van der Waals surface area contributed by atoms with Crippen LogP contribution in [0.3, 0.4) is 0 Å². The molecule has 0 aliphatic carbocycles. The normalized spacial score (nSPS) is 16.8. The van der Waals surface area contributed by atoms with Gasteiger partial charge in [-0.15, -0.1) is 0 Å². The van der Waals surface area contributed by atoms with Crippen molar-refractivity contribution < 1.29 is 14.1 Å². The van der Waals surface area contributed by atoms with Gasteiger partial charge in [-0.1, -0.05) is 42.1 Å². The van der Waals surface area contributed by atoms with Crippen molar-refractivity contribution in [3.05, 3.63) is 77.1 Å². The standard InChI is InChI=1S/C25H25N4O2S2/c1-18-16-19(17-23-27(2)21-10-6-7-11-22(21)32-23)26-24(29(18)20-8-4-3-5-9-20)33-25(30)28-12-14-31-15-13-28/h3-11,16-17H,12-15H2,1-2H3/q+1. The number of fused-ring (bicyclic) bond motifs is 1. The number of rotatable bonds is 3. The maximum Gasteiger partial charge on any atom is 0.374 e. The second-order valence-corrected chi connectivity index (χ2v) is 9.84. The molecule has 33 heavy (non-hydrogen) atoms. The van der Waals surface area contributed by atoms with Crippen LogP contribution in [0.15, 0.2) is 75.7 Å². The van der Waals surface area contributed by atoms with E-state index in [1.165, 1.54) is 22.3 Å². The molecular weight excluding hydrogens is 452 g/mol. The third-order valence-corrected chi connectivity index (χ3v) is 7.69. The van der Waals surface area contributed by atoms with E-state index < -0.39 is 0 Å². The number of benzene rings is 2. The van der Waals surface area contributed by atoms with Crippen LogP contribution in [0.4, 0.5) is 10.5 Å². The molecule has 0 N–H and O–H groups in total. The topological polar surface area (TPSA) is 49.6 Å². The molecule has 0 atom stereocenters. The molecule has 2 aliphatic heterocycles. The number of para-hydroxylation sites is 2. The Balaban J connectivity index is 1.52. The molecule has 0 radical (unpaired) electrons. The highest BCUT2D eigenvalue weighted by Crippen LogP contribution is 2.45. The lowest BCUT2D eigenvalue weighted by Crippen LogP contribution is -2.42. The second-order valence-electron chi connectivity index (χ2n) is 7.85. The number of morpholine rings is 1. The van der Waals surface area contributed by atoms with Crippen LogP contribution in [0.2, 0.25) is 0 Å². The number of thioether (sulfide) groups is 2. The molecule has 0 spiro atoms. The van der Waals surface area contributed by atoms with Crippen LogP contribution in [0.5, 0.6) is 0 Å². The minimum Gasteiger partial charge on any atom is -0.378 e. The highest BCUT2D eigenvalue weighted by atomic mass is 32.2. The molecule has 3 heterocycles. The minimum absolute atomic E-state index is 0.000510. The molecule has 6 nitrogen and oxygen atoms in total. The summed E-state index contributed by atoms with van der Waals surface area (Å²) in [6.45, 7) is 4.43. The summed E-state index contributed by atoms with van der Waals surface area (Å²) in [5.74, 6) is 0. The zero-order valence-electron chi connectivity index (χ0n) is 18.6. The van der Waals surface area contributed by atoms with Crippen LogP contribution in [-0.2, 0) is 4.74 Å². The van der Waals surface area contributed by atoms with Crippen molar-refractivity contribution in [2.45, 2.75) is 17.0 Å². The van der Waals surface area contributed by atoms with Crippen LogP contribution in [0, 0.1) is 6.92 Å². The van der Waals surface area contributed by atoms with Crippen molar-refractivity contribution in [3.63, 3.8) is 0 Å². The molecule has 0 unspecified atom stereocenters. The molecule has 0 saturated carbocycles. The second kappa shape index (κ2) is 9.59. The number of carbonyl (C=O) groups excluding carboxylic acids is 1. The monoisotopic (exact) mass is 477 g/mol. The lowest BCUT2D eigenvalue weighted by molar-refractivity contribution is -0.647. The Kier molecular flexibility index (Phi) is 6.39. The molecule has 2 aromatic carbocycles. The largest absolute Gasteiger partial charge is 0.378 e. The molecule has 0 bridgehead atoms. The van der Waals surface area contributed by atoms with Crippen LogP contribution < -0.4 is 9.47 Å². The summed E-state index contributed by atoms with van der Waals surface area (Å²) in [4.78, 5) is 23.3. The van der Waals surface area contributed by atoms with E-state index in [1.54, 1.807) is 11.8 Å². The Morgan fingerprint density at radius 1 is 1.12 bits per heavy atom. The average Bonchev–Trinajstić information content (AvgIpc) is 3.15. The number of carbonyl (C=O) groups is 1. The highest BCUT2D eigenvalue weighted by molar-refractivity contribution is 8.13. The maximum atomic E-state index is 13.1. The van der Waals surface area contributed by atoms with Gasteiger partial charge in [0, 0.05) is 37.2 Å². The van der Waals surface area contributed by atoms with Gasteiger partial charge in [-0.25, -0.2) is 0 Å². The van der Waals surface area contributed by atoms with E-state index in [2.05, 4.69) is 55.3 Å². The first-order valence-electron chi connectivity index (χ1n) is 10.9. The zero-order chi connectivity index (χ0) is 22.8. The Hall–Kier alpha value is -2.81. The minimum atomic E-state index is -0.000510. The predicted octanol–water partition coefficient (Wildman–Crippen LogP) is 4.75. The summed E-state index contributed by atoms with van der Waals surface area (Å²) in [5, 5.41) is 1.77. The number of aromatic nitrogens is 2. The van der Waals surface area contributed by atoms with E-state index in [0.717, 1.165) is 22.1 Å². The summed E-state index contributed by atoms with van der Waals surface area (Å²) >= 11 is 2.91. The summed E-state index contributed by atoms with van der Waals surface area (Å²) in [5.41, 5.74) is 4.03. The number of ether oxygens (including phenoxy) is 1. The first-order valence-corrected chi connectivity index (χ1v) is 12.5. The fourth-order valence-corrected chi connectivity index (χ4v) is 5.97. The molecule has 1 fully saturated rings. The van der Waals surface area contributed by atoms with Gasteiger partial charge in [0.2, 0.25) is 0 Å². The Morgan fingerprint density at radius 2 is 1.85 bits per heavy atom. The third kappa shape index (κ3) is 4.64. The number of hydrogen-bond donors (Lipinski definition) is 0. The predicted molar refractivity (Wildman–Crippen MR) is 133 cm³/mol. The van der Waals surface area contributed by atoms with E-state index >= 15 is 0 Å². The number of nitrogens with zero attached hydrogens (tertiary/aromatic N) is 4. The van der Waals surface area contributed by atoms with Gasteiger partial charge in [0.05, 0.1) is 35.7 Å². The quantitative estimate of drug-likeness (QED) is 0.308. The van der Waals surface area contributed by atoms with E-state index in [9.17, 15) is 4.79 Å². The van der Waals surface area contributed by atoms with E-state index in [1.807, 2.05) is 39.8 Å². The molecule has 8 heteroatoms. The molecular formula is C25H25N4O2S2+. The van der Waals surface area contributed by atoms with Gasteiger partial charge in [-0.3, -0.25) is 4.79 Å². The van der Waals surface area contributed by atoms with Crippen LogP contribution in [0.25, 0.3) is 11.8 Å². The van der Waals surface area contributed by atoms with Crippen molar-refractivity contribution in [2.24, 2.45) is 0 Å². The van der Waals surface area contributed by atoms with Gasteiger partial charge < -0.3 is 14.5 Å². The van der Waals surface area contributed by atoms with Crippen molar-refractivity contribution in [1.29, 1.82) is 0 Å². The number of hydrogen-bond acceptors (Lipinski definition) is 6. The van der Waals surface area contributed by atoms with Crippen LogP contribution >= 0.6 is 23.5 Å². The summed E-state index contributed by atoms with van der Waals surface area (Å²) in [6, 6.07) is 20.5. The molecule has 1 aromatic heterocycles. The summed E-state index contributed by atoms with van der Waals surface area (Å²) in [7, 11) is 2.07. The van der Waals surface area contributed by atoms with E-state index in [0.29, 0.717) is 31.5 Å². The number of anilines is 1. The van der Waals surface area contributed by atoms with E-state index in [-0.39, 0.29) is 5.24 Å². The molecule has 5 rings (SSSR count). The number of aryl methyl sites for hydroxylation is 1. The Bertz CT molecular complexity index is 1210. The van der Waals surface area contributed by atoms with Gasteiger partial charge in [0.15, 0.2) is 5.69 Å². The third-order valence-electron chi connectivity index (χ3n) is 5.63. The lowest BCUT2D eigenvalue weighted by atomic mass is 10.2. The maximum absolute atomic E-state index is 13.1. The van der Waals surface area contributed by atoms with Gasteiger partial charge in [0.1, 0.15) is 11.4 Å².